The number of hydrogen-bond donors (Lipinski definition) is 11. The largest absolute Gasteiger partial charge is 0.508 e. The molecular formula is C51H72N8O15. The molecule has 406 valence electrons. The smallest absolute Gasteiger partial charge is 0.305 e. The highest BCUT2D eigenvalue weighted by Gasteiger charge is 2.34. The second kappa shape index (κ2) is 34.3. The lowest BCUT2D eigenvalue weighted by Crippen LogP contribution is -2.60. The molecule has 3 rings (SSSR count). The summed E-state index contributed by atoms with van der Waals surface area (Å²) in [5, 5.41) is 44.8. The topological polar surface area (TPSA) is 358 Å². The number of rotatable bonds is 37. The molecule has 7 amide bonds. The van der Waals surface area contributed by atoms with Crippen molar-refractivity contribution in [1.29, 1.82) is 0 Å². The number of carbonyl (C=O) groups excluding carboxylic acids is 7. The Bertz CT molecular complexity index is 2220. The summed E-state index contributed by atoms with van der Waals surface area (Å²) in [7, 11) is 0. The summed E-state index contributed by atoms with van der Waals surface area (Å²) in [5.41, 5.74) is 12.8. The molecule has 0 saturated carbocycles. The van der Waals surface area contributed by atoms with E-state index in [9.17, 15) is 53.7 Å². The third kappa shape index (κ3) is 25.5. The molecule has 3 aromatic carbocycles. The fourth-order valence-electron chi connectivity index (χ4n) is 7.06. The Balaban J connectivity index is 1.68. The highest BCUT2D eigenvalue weighted by atomic mass is 16.5. The van der Waals surface area contributed by atoms with Gasteiger partial charge in [-0.3, -0.25) is 38.4 Å². The first-order valence-corrected chi connectivity index (χ1v) is 24.3. The van der Waals surface area contributed by atoms with Crippen LogP contribution < -0.4 is 43.4 Å². The van der Waals surface area contributed by atoms with Crippen molar-refractivity contribution in [3.05, 3.63) is 95.6 Å². The molecule has 0 bridgehead atoms. The first kappa shape index (κ1) is 61.1. The molecule has 0 radical (unpaired) electrons. The first-order chi connectivity index (χ1) is 35.4. The third-order valence-electron chi connectivity index (χ3n) is 10.8. The minimum Gasteiger partial charge on any atom is -0.508 e. The normalized spacial score (nSPS) is 13.1. The van der Waals surface area contributed by atoms with Crippen LogP contribution in [0.4, 0.5) is 0 Å². The standard InChI is InChI=1S/C51H72N8O15/c1-33(2)26-40(48(67)58-41(28-35-10-14-37(60)15-11-35)49(68)56-39(47(53)66)27-34-8-4-3-5-9-34)57-50(69)42(29-36-12-16-38(61)17-13-36)59-51(70)43(30-46(64)65)55-45(63)32-74-31-44(62)54-19-7-21-72-23-25-73-24-22-71-20-6-18-52/h3-5,8-17,33,39-43,60-61H,6-7,18-32,52H2,1-2H3,(H2,53,66)(H,54,62)(H,55,63)(H,56,68)(H,57,69)(H,58,67)(H,59,70)(H,64,65)/t39-,40-,41-,42-,43+/m0/s1. The van der Waals surface area contributed by atoms with Gasteiger partial charge in [0.1, 0.15) is 54.9 Å². The molecule has 3 aromatic rings. The summed E-state index contributed by atoms with van der Waals surface area (Å²) in [6, 6.07) is 13.2. The molecule has 13 N–H and O–H groups in total. The molecule has 0 aliphatic carbocycles. The van der Waals surface area contributed by atoms with Gasteiger partial charge in [0.2, 0.25) is 41.4 Å². The average Bonchev–Trinajstić information content (AvgIpc) is 3.35. The maximum atomic E-state index is 14.3. The van der Waals surface area contributed by atoms with Crippen molar-refractivity contribution in [3.63, 3.8) is 0 Å². The first-order valence-electron chi connectivity index (χ1n) is 24.3. The van der Waals surface area contributed by atoms with Crippen LogP contribution in [0, 0.1) is 5.92 Å². The van der Waals surface area contributed by atoms with Gasteiger partial charge in [0.15, 0.2) is 0 Å². The maximum absolute atomic E-state index is 14.3. The zero-order chi connectivity index (χ0) is 54.3. The van der Waals surface area contributed by atoms with Gasteiger partial charge in [-0.05, 0) is 72.7 Å². The van der Waals surface area contributed by atoms with Crippen molar-refractivity contribution < 1.29 is 72.6 Å². The van der Waals surface area contributed by atoms with Crippen molar-refractivity contribution in [1.82, 2.24) is 31.9 Å². The number of primary amides is 1. The van der Waals surface area contributed by atoms with Crippen molar-refractivity contribution >= 4 is 47.3 Å². The van der Waals surface area contributed by atoms with Gasteiger partial charge in [0.25, 0.3) is 0 Å². The molecule has 0 saturated heterocycles. The van der Waals surface area contributed by atoms with Gasteiger partial charge in [0, 0.05) is 39.0 Å². The number of nitrogens with one attached hydrogen (secondary N) is 6. The highest BCUT2D eigenvalue weighted by Crippen LogP contribution is 2.15. The second-order valence-corrected chi connectivity index (χ2v) is 17.6. The number of phenolic OH excluding ortho intramolecular Hbond substituents is 2. The molecule has 23 nitrogen and oxygen atoms in total. The lowest BCUT2D eigenvalue weighted by atomic mass is 9.99. The van der Waals surface area contributed by atoms with Crippen molar-refractivity contribution in [2.45, 2.75) is 89.0 Å². The molecule has 0 fully saturated rings. The van der Waals surface area contributed by atoms with Gasteiger partial charge < -0.3 is 77.6 Å². The van der Waals surface area contributed by atoms with E-state index in [1.54, 1.807) is 56.3 Å². The van der Waals surface area contributed by atoms with Crippen LogP contribution >= 0.6 is 0 Å². The van der Waals surface area contributed by atoms with Crippen LogP contribution in [0.15, 0.2) is 78.9 Å². The maximum Gasteiger partial charge on any atom is 0.305 e. The van der Waals surface area contributed by atoms with Crippen molar-refractivity contribution in [3.8, 4) is 11.5 Å². The zero-order valence-corrected chi connectivity index (χ0v) is 41.9. The Morgan fingerprint density at radius 2 is 0.946 bits per heavy atom. The van der Waals surface area contributed by atoms with Gasteiger partial charge in [0.05, 0.1) is 32.8 Å². The molecule has 74 heavy (non-hydrogen) atoms. The van der Waals surface area contributed by atoms with E-state index < -0.39 is 97.2 Å². The Labute approximate surface area is 430 Å². The highest BCUT2D eigenvalue weighted by molar-refractivity contribution is 5.97. The predicted molar refractivity (Wildman–Crippen MR) is 269 cm³/mol. The summed E-state index contributed by atoms with van der Waals surface area (Å²) in [6.07, 6.45) is 0.0542. The number of phenols is 2. The van der Waals surface area contributed by atoms with Gasteiger partial charge in [-0.1, -0.05) is 68.4 Å². The van der Waals surface area contributed by atoms with Crippen LogP contribution in [0.2, 0.25) is 0 Å². The van der Waals surface area contributed by atoms with Crippen LogP contribution in [0.25, 0.3) is 0 Å². The van der Waals surface area contributed by atoms with Gasteiger partial charge in [-0.25, -0.2) is 0 Å². The van der Waals surface area contributed by atoms with Crippen LogP contribution in [0.1, 0.15) is 56.2 Å². The summed E-state index contributed by atoms with van der Waals surface area (Å²) in [4.78, 5) is 106. The van der Waals surface area contributed by atoms with Crippen molar-refractivity contribution in [2.75, 3.05) is 65.9 Å². The Hall–Kier alpha value is -7.18. The zero-order valence-electron chi connectivity index (χ0n) is 41.9. The second-order valence-electron chi connectivity index (χ2n) is 17.6. The van der Waals surface area contributed by atoms with Crippen molar-refractivity contribution in [2.24, 2.45) is 17.4 Å². The summed E-state index contributed by atoms with van der Waals surface area (Å²) >= 11 is 0. The number of carbonyl (C=O) groups is 8. The Morgan fingerprint density at radius 3 is 1.45 bits per heavy atom. The number of carboxylic acid groups (broad SMARTS) is 1. The molecule has 0 aliphatic rings. The van der Waals surface area contributed by atoms with E-state index in [4.69, 9.17) is 30.4 Å². The molecule has 5 atom stereocenters. The fourth-order valence-corrected chi connectivity index (χ4v) is 7.06. The minimum absolute atomic E-state index is 0.0245. The number of ether oxygens (including phenoxy) is 4. The molecule has 0 heterocycles. The van der Waals surface area contributed by atoms with Gasteiger partial charge in [-0.15, -0.1) is 0 Å². The number of nitrogens with two attached hydrogens (primary N) is 2. The molecule has 0 aromatic heterocycles. The molecule has 23 heteroatoms. The van der Waals surface area contributed by atoms with E-state index in [1.165, 1.54) is 36.4 Å². The lowest BCUT2D eigenvalue weighted by Gasteiger charge is -2.28. The minimum atomic E-state index is -1.74. The van der Waals surface area contributed by atoms with E-state index in [1.807, 2.05) is 0 Å². The third-order valence-corrected chi connectivity index (χ3v) is 10.8. The van der Waals surface area contributed by atoms with E-state index in [0.717, 1.165) is 6.42 Å². The van der Waals surface area contributed by atoms with Gasteiger partial charge in [-0.2, -0.15) is 0 Å². The van der Waals surface area contributed by atoms with Crippen LogP contribution in [-0.4, -0.2) is 159 Å². The van der Waals surface area contributed by atoms with E-state index in [0.29, 0.717) is 69.3 Å². The number of amides is 7. The van der Waals surface area contributed by atoms with Crippen LogP contribution in [-0.2, 0) is 76.6 Å². The predicted octanol–water partition coefficient (Wildman–Crippen LogP) is -0.523. The fraction of sp³-hybridized carbons (Fsp3) is 0.490. The molecule has 0 spiro atoms. The molecular weight excluding hydrogens is 965 g/mol. The number of aliphatic carboxylic acids is 1. The average molecular weight is 1040 g/mol. The number of aromatic hydroxyl groups is 2. The monoisotopic (exact) mass is 1040 g/mol. The van der Waals surface area contributed by atoms with Crippen LogP contribution in [0.3, 0.4) is 0 Å². The van der Waals surface area contributed by atoms with E-state index in [2.05, 4.69) is 31.9 Å². The Kier molecular flexibility index (Phi) is 28.3. The van der Waals surface area contributed by atoms with Gasteiger partial charge >= 0.3 is 5.97 Å². The van der Waals surface area contributed by atoms with E-state index in [-0.39, 0.29) is 49.6 Å². The lowest BCUT2D eigenvalue weighted by molar-refractivity contribution is -0.141. The quantitative estimate of drug-likeness (QED) is 0.0324. The SMILES string of the molecule is CC(C)C[C@H](NC(=O)[C@H](Cc1ccc(O)cc1)NC(=O)[C@@H](CC(=O)O)NC(=O)COCC(=O)NCCCOCCOCCOCCCN)C(=O)N[C@@H](Cc1ccc(O)cc1)C(=O)N[C@@H](Cc1ccccc1)C(N)=O. The number of carboxylic acids is 1. The van der Waals surface area contributed by atoms with Crippen LogP contribution in [0.5, 0.6) is 11.5 Å². The van der Waals surface area contributed by atoms with E-state index >= 15 is 0 Å². The number of hydrogen-bond acceptors (Lipinski definition) is 15. The molecule has 0 aliphatic heterocycles. The summed E-state index contributed by atoms with van der Waals surface area (Å²) in [6.45, 7) is 5.65. The molecule has 0 unspecified atom stereocenters. The summed E-state index contributed by atoms with van der Waals surface area (Å²) < 4.78 is 21.4. The number of benzene rings is 3. The summed E-state index contributed by atoms with van der Waals surface area (Å²) in [5.74, 6) is -7.75. The Morgan fingerprint density at radius 1 is 0.514 bits per heavy atom.